The molecule has 0 unspecified atom stereocenters. The molecular formula is C13H21N3O. The fraction of sp³-hybridized carbons (Fsp3) is 0.615. The van der Waals surface area contributed by atoms with Gasteiger partial charge in [-0.1, -0.05) is 0 Å². The summed E-state index contributed by atoms with van der Waals surface area (Å²) in [5, 5.41) is 0. The minimum Gasteiger partial charge on any atom is -0.478 e. The molecule has 0 spiro atoms. The summed E-state index contributed by atoms with van der Waals surface area (Å²) in [4.78, 5) is 6.68. The van der Waals surface area contributed by atoms with Crippen LogP contribution in [0.4, 0.5) is 0 Å². The van der Waals surface area contributed by atoms with Crippen LogP contribution in [0.15, 0.2) is 18.3 Å². The quantitative estimate of drug-likeness (QED) is 0.757. The normalized spacial score (nSPS) is 16.3. The highest BCUT2D eigenvalue weighted by Crippen LogP contribution is 2.15. The van der Waals surface area contributed by atoms with Crippen LogP contribution in [-0.4, -0.2) is 36.1 Å². The van der Waals surface area contributed by atoms with Crippen LogP contribution in [0.1, 0.15) is 24.8 Å². The molecule has 17 heavy (non-hydrogen) atoms. The van der Waals surface area contributed by atoms with E-state index < -0.39 is 0 Å². The van der Waals surface area contributed by atoms with E-state index in [9.17, 15) is 0 Å². The molecule has 1 saturated heterocycles. The first kappa shape index (κ1) is 12.3. The third kappa shape index (κ3) is 3.98. The lowest BCUT2D eigenvalue weighted by Crippen LogP contribution is -2.18. The molecular weight excluding hydrogens is 214 g/mol. The van der Waals surface area contributed by atoms with Crippen LogP contribution in [0, 0.1) is 0 Å². The molecule has 1 aromatic heterocycles. The topological polar surface area (TPSA) is 51.4 Å². The molecule has 1 aliphatic rings. The van der Waals surface area contributed by atoms with E-state index in [1.54, 1.807) is 0 Å². The van der Waals surface area contributed by atoms with Gasteiger partial charge in [-0.25, -0.2) is 4.98 Å². The fourth-order valence-electron chi connectivity index (χ4n) is 2.09. The lowest BCUT2D eigenvalue weighted by Gasteiger charge is -2.14. The third-order valence-corrected chi connectivity index (χ3v) is 3.00. The van der Waals surface area contributed by atoms with Gasteiger partial charge in [0.25, 0.3) is 0 Å². The molecule has 94 valence electrons. The molecule has 4 nitrogen and oxygen atoms in total. The number of nitrogens with zero attached hydrogens (tertiary/aromatic N) is 2. The molecule has 0 amide bonds. The Morgan fingerprint density at radius 2 is 2.18 bits per heavy atom. The van der Waals surface area contributed by atoms with Crippen molar-refractivity contribution in [1.82, 2.24) is 9.88 Å². The zero-order valence-electron chi connectivity index (χ0n) is 10.3. The Kier molecular flexibility index (Phi) is 4.76. The maximum Gasteiger partial charge on any atom is 0.213 e. The molecule has 0 radical (unpaired) electrons. The van der Waals surface area contributed by atoms with Gasteiger partial charge in [-0.2, -0.15) is 0 Å². The van der Waals surface area contributed by atoms with Crippen molar-refractivity contribution < 1.29 is 4.74 Å². The van der Waals surface area contributed by atoms with E-state index in [1.807, 2.05) is 12.3 Å². The van der Waals surface area contributed by atoms with Gasteiger partial charge in [0.1, 0.15) is 0 Å². The SMILES string of the molecule is NCCCOc1cc(CN2CCCC2)ccn1. The highest BCUT2D eigenvalue weighted by atomic mass is 16.5. The number of hydrogen-bond acceptors (Lipinski definition) is 4. The molecule has 0 saturated carbocycles. The van der Waals surface area contributed by atoms with Crippen LogP contribution in [-0.2, 0) is 6.54 Å². The second kappa shape index (κ2) is 6.57. The van der Waals surface area contributed by atoms with Crippen LogP contribution < -0.4 is 10.5 Å². The Balaban J connectivity index is 1.86. The molecule has 1 aromatic rings. The molecule has 1 fully saturated rings. The molecule has 0 aromatic carbocycles. The number of nitrogens with two attached hydrogens (primary N) is 1. The second-order valence-corrected chi connectivity index (χ2v) is 4.48. The number of ether oxygens (including phenoxy) is 1. The highest BCUT2D eigenvalue weighted by molar-refractivity contribution is 5.20. The van der Waals surface area contributed by atoms with E-state index in [2.05, 4.69) is 16.0 Å². The van der Waals surface area contributed by atoms with Crippen molar-refractivity contribution >= 4 is 0 Å². The first-order valence-corrected chi connectivity index (χ1v) is 6.38. The summed E-state index contributed by atoms with van der Waals surface area (Å²) in [6.07, 6.45) is 5.34. The van der Waals surface area contributed by atoms with Crippen molar-refractivity contribution in [3.8, 4) is 5.88 Å². The Hall–Kier alpha value is -1.13. The first-order chi connectivity index (χ1) is 8.38. The van der Waals surface area contributed by atoms with Gasteiger partial charge in [0.05, 0.1) is 6.61 Å². The number of aromatic nitrogens is 1. The maximum absolute atomic E-state index is 5.54. The summed E-state index contributed by atoms with van der Waals surface area (Å²) in [6.45, 7) is 4.75. The Morgan fingerprint density at radius 1 is 1.35 bits per heavy atom. The fourth-order valence-corrected chi connectivity index (χ4v) is 2.09. The summed E-state index contributed by atoms with van der Waals surface area (Å²) in [7, 11) is 0. The van der Waals surface area contributed by atoms with E-state index in [-0.39, 0.29) is 0 Å². The van der Waals surface area contributed by atoms with Gasteiger partial charge >= 0.3 is 0 Å². The Bertz CT molecular complexity index is 337. The van der Waals surface area contributed by atoms with Crippen molar-refractivity contribution in [3.05, 3.63) is 23.9 Å². The van der Waals surface area contributed by atoms with Gasteiger partial charge in [0.2, 0.25) is 5.88 Å². The zero-order chi connectivity index (χ0) is 11.9. The predicted octanol–water partition coefficient (Wildman–Crippen LogP) is 1.40. The van der Waals surface area contributed by atoms with Gasteiger partial charge in [0.15, 0.2) is 0 Å². The van der Waals surface area contributed by atoms with Gasteiger partial charge in [-0.3, -0.25) is 4.90 Å². The number of rotatable bonds is 6. The summed E-state index contributed by atoms with van der Waals surface area (Å²) in [5.74, 6) is 0.718. The van der Waals surface area contributed by atoms with Gasteiger partial charge in [-0.05, 0) is 50.5 Å². The number of pyridine rings is 1. The van der Waals surface area contributed by atoms with Crippen LogP contribution in [0.3, 0.4) is 0 Å². The van der Waals surface area contributed by atoms with E-state index in [0.717, 1.165) is 18.8 Å². The maximum atomic E-state index is 5.54. The molecule has 2 rings (SSSR count). The Labute approximate surface area is 103 Å². The van der Waals surface area contributed by atoms with E-state index in [4.69, 9.17) is 10.5 Å². The van der Waals surface area contributed by atoms with Crippen molar-refractivity contribution in [1.29, 1.82) is 0 Å². The van der Waals surface area contributed by atoms with Crippen molar-refractivity contribution in [2.24, 2.45) is 5.73 Å². The summed E-state index contributed by atoms with van der Waals surface area (Å²) >= 11 is 0. The minimum absolute atomic E-state index is 0.649. The second-order valence-electron chi connectivity index (χ2n) is 4.48. The monoisotopic (exact) mass is 235 g/mol. The lowest BCUT2D eigenvalue weighted by molar-refractivity contribution is 0.298. The van der Waals surface area contributed by atoms with Gasteiger partial charge in [0, 0.05) is 18.8 Å². The predicted molar refractivity (Wildman–Crippen MR) is 67.9 cm³/mol. The molecule has 1 aliphatic heterocycles. The average Bonchev–Trinajstić information content (AvgIpc) is 2.83. The molecule has 0 bridgehead atoms. The molecule has 0 atom stereocenters. The van der Waals surface area contributed by atoms with E-state index in [0.29, 0.717) is 13.2 Å². The van der Waals surface area contributed by atoms with Crippen molar-refractivity contribution in [2.45, 2.75) is 25.8 Å². The smallest absolute Gasteiger partial charge is 0.213 e. The largest absolute Gasteiger partial charge is 0.478 e. The molecule has 4 heteroatoms. The summed E-state index contributed by atoms with van der Waals surface area (Å²) in [6, 6.07) is 4.10. The van der Waals surface area contributed by atoms with Crippen LogP contribution in [0.5, 0.6) is 5.88 Å². The van der Waals surface area contributed by atoms with E-state index >= 15 is 0 Å². The summed E-state index contributed by atoms with van der Waals surface area (Å²) in [5.41, 5.74) is 6.71. The third-order valence-electron chi connectivity index (χ3n) is 3.00. The van der Waals surface area contributed by atoms with Gasteiger partial charge in [-0.15, -0.1) is 0 Å². The first-order valence-electron chi connectivity index (χ1n) is 6.38. The van der Waals surface area contributed by atoms with Crippen molar-refractivity contribution in [3.63, 3.8) is 0 Å². The van der Waals surface area contributed by atoms with Crippen LogP contribution in [0.25, 0.3) is 0 Å². The van der Waals surface area contributed by atoms with E-state index in [1.165, 1.54) is 31.5 Å². The average molecular weight is 235 g/mol. The molecule has 2 heterocycles. The molecule has 2 N–H and O–H groups in total. The minimum atomic E-state index is 0.649. The number of likely N-dealkylation sites (tertiary alicyclic amines) is 1. The number of hydrogen-bond donors (Lipinski definition) is 1. The van der Waals surface area contributed by atoms with Crippen LogP contribution >= 0.6 is 0 Å². The van der Waals surface area contributed by atoms with Gasteiger partial charge < -0.3 is 10.5 Å². The van der Waals surface area contributed by atoms with Crippen LogP contribution in [0.2, 0.25) is 0 Å². The molecule has 0 aliphatic carbocycles. The lowest BCUT2D eigenvalue weighted by atomic mass is 10.2. The van der Waals surface area contributed by atoms with Crippen molar-refractivity contribution in [2.75, 3.05) is 26.2 Å². The summed E-state index contributed by atoms with van der Waals surface area (Å²) < 4.78 is 5.54. The zero-order valence-corrected chi connectivity index (χ0v) is 10.3. The highest BCUT2D eigenvalue weighted by Gasteiger charge is 2.11. The standard InChI is InChI=1S/C13H21N3O/c14-5-3-9-17-13-10-12(4-6-15-13)11-16-7-1-2-8-16/h4,6,10H,1-3,5,7-9,11,14H2. The Morgan fingerprint density at radius 3 is 2.94 bits per heavy atom.